The van der Waals surface area contributed by atoms with E-state index in [-0.39, 0.29) is 12.3 Å². The number of aryl methyl sites for hydroxylation is 1. The topological polar surface area (TPSA) is 86.8 Å². The van der Waals surface area contributed by atoms with E-state index >= 15 is 0 Å². The van der Waals surface area contributed by atoms with Gasteiger partial charge in [-0.3, -0.25) is 4.79 Å². The lowest BCUT2D eigenvalue weighted by Gasteiger charge is -2.12. The number of thiazole rings is 1. The second-order valence-corrected chi connectivity index (χ2v) is 5.75. The molecule has 0 unspecified atom stereocenters. The maximum atomic E-state index is 12.1. The SMILES string of the molecule is COC(=O)c1cnc(NC(=O)CCc2cccc(OC)c2OC)s1. The number of hydrogen-bond donors (Lipinski definition) is 1. The van der Waals surface area contributed by atoms with E-state index in [2.05, 4.69) is 15.0 Å². The molecule has 2 aromatic rings. The zero-order valence-corrected chi connectivity index (χ0v) is 14.4. The van der Waals surface area contributed by atoms with Gasteiger partial charge in [0.1, 0.15) is 4.88 Å². The summed E-state index contributed by atoms with van der Waals surface area (Å²) in [6.45, 7) is 0. The Morgan fingerprint density at radius 3 is 2.67 bits per heavy atom. The highest BCUT2D eigenvalue weighted by atomic mass is 32.1. The molecule has 0 aliphatic rings. The molecular weight excluding hydrogens is 332 g/mol. The van der Waals surface area contributed by atoms with Crippen molar-refractivity contribution >= 4 is 28.3 Å². The van der Waals surface area contributed by atoms with Crippen LogP contribution in [0.4, 0.5) is 5.13 Å². The fourth-order valence-corrected chi connectivity index (χ4v) is 2.86. The largest absolute Gasteiger partial charge is 0.493 e. The number of hydrogen-bond acceptors (Lipinski definition) is 7. The molecule has 0 spiro atoms. The minimum atomic E-state index is -0.478. The van der Waals surface area contributed by atoms with Gasteiger partial charge in [-0.15, -0.1) is 0 Å². The Morgan fingerprint density at radius 2 is 2.00 bits per heavy atom. The summed E-state index contributed by atoms with van der Waals surface area (Å²) in [6.07, 6.45) is 2.11. The predicted molar refractivity (Wildman–Crippen MR) is 90.0 cm³/mol. The van der Waals surface area contributed by atoms with E-state index in [9.17, 15) is 9.59 Å². The molecule has 1 aromatic heterocycles. The minimum Gasteiger partial charge on any atom is -0.493 e. The van der Waals surface area contributed by atoms with Crippen molar-refractivity contribution in [3.63, 3.8) is 0 Å². The Morgan fingerprint density at radius 1 is 1.21 bits per heavy atom. The van der Waals surface area contributed by atoms with E-state index in [0.717, 1.165) is 16.9 Å². The molecule has 1 aromatic carbocycles. The van der Waals surface area contributed by atoms with Crippen LogP contribution in [-0.2, 0) is 16.0 Å². The first-order chi connectivity index (χ1) is 11.6. The van der Waals surface area contributed by atoms with E-state index in [4.69, 9.17) is 9.47 Å². The standard InChI is InChI=1S/C16H18N2O5S/c1-21-11-6-4-5-10(14(11)22-2)7-8-13(19)18-16-17-9-12(24-16)15(20)23-3/h4-6,9H,7-8H2,1-3H3,(H,17,18,19). The number of para-hydroxylation sites is 1. The van der Waals surface area contributed by atoms with Gasteiger partial charge in [-0.1, -0.05) is 23.5 Å². The molecule has 0 aliphatic carbocycles. The van der Waals surface area contributed by atoms with Crippen LogP contribution in [0.5, 0.6) is 11.5 Å². The predicted octanol–water partition coefficient (Wildman–Crippen LogP) is 2.52. The van der Waals surface area contributed by atoms with Crippen molar-refractivity contribution < 1.29 is 23.8 Å². The number of nitrogens with one attached hydrogen (secondary N) is 1. The van der Waals surface area contributed by atoms with E-state index in [1.54, 1.807) is 20.3 Å². The molecule has 128 valence electrons. The van der Waals surface area contributed by atoms with Gasteiger partial charge in [0.25, 0.3) is 0 Å². The van der Waals surface area contributed by atoms with Gasteiger partial charge in [-0.25, -0.2) is 9.78 Å². The third kappa shape index (κ3) is 4.23. The number of anilines is 1. The molecule has 8 heteroatoms. The maximum absolute atomic E-state index is 12.1. The summed E-state index contributed by atoms with van der Waals surface area (Å²) in [4.78, 5) is 27.7. The number of carbonyl (C=O) groups is 2. The summed E-state index contributed by atoms with van der Waals surface area (Å²) in [6, 6.07) is 5.53. The Bertz CT molecular complexity index is 729. The van der Waals surface area contributed by atoms with Crippen molar-refractivity contribution in [2.75, 3.05) is 26.6 Å². The third-order valence-corrected chi connectivity index (χ3v) is 4.14. The van der Waals surface area contributed by atoms with Gasteiger partial charge in [0.15, 0.2) is 16.6 Å². The molecule has 1 heterocycles. The molecule has 1 N–H and O–H groups in total. The number of rotatable bonds is 7. The van der Waals surface area contributed by atoms with E-state index in [1.165, 1.54) is 13.3 Å². The summed E-state index contributed by atoms with van der Waals surface area (Å²) in [5.41, 5.74) is 0.876. The fraction of sp³-hybridized carbons (Fsp3) is 0.312. The molecule has 0 atom stereocenters. The average molecular weight is 350 g/mol. The van der Waals surface area contributed by atoms with E-state index in [0.29, 0.717) is 27.9 Å². The minimum absolute atomic E-state index is 0.203. The van der Waals surface area contributed by atoms with Crippen molar-refractivity contribution in [3.8, 4) is 11.5 Å². The second kappa shape index (κ2) is 8.30. The van der Waals surface area contributed by atoms with Crippen LogP contribution in [0.15, 0.2) is 24.4 Å². The fourth-order valence-electron chi connectivity index (χ4n) is 2.11. The Balaban J connectivity index is 1.96. The number of amides is 1. The molecule has 0 radical (unpaired) electrons. The molecule has 0 fully saturated rings. The van der Waals surface area contributed by atoms with Gasteiger partial charge in [-0.2, -0.15) is 0 Å². The van der Waals surface area contributed by atoms with Gasteiger partial charge in [0.2, 0.25) is 5.91 Å². The van der Waals surface area contributed by atoms with Crippen LogP contribution in [0.1, 0.15) is 21.7 Å². The first-order valence-corrected chi connectivity index (χ1v) is 7.94. The van der Waals surface area contributed by atoms with Gasteiger partial charge in [0, 0.05) is 6.42 Å². The van der Waals surface area contributed by atoms with Gasteiger partial charge < -0.3 is 19.5 Å². The normalized spacial score (nSPS) is 10.1. The first kappa shape index (κ1) is 17.7. The third-order valence-electron chi connectivity index (χ3n) is 3.24. The smallest absolute Gasteiger partial charge is 0.349 e. The first-order valence-electron chi connectivity index (χ1n) is 7.13. The number of methoxy groups -OCH3 is 3. The summed E-state index contributed by atoms with van der Waals surface area (Å²) in [5.74, 6) is 0.563. The van der Waals surface area contributed by atoms with E-state index in [1.807, 2.05) is 12.1 Å². The Kier molecular flexibility index (Phi) is 6.14. The summed E-state index contributed by atoms with van der Waals surface area (Å²) < 4.78 is 15.2. The van der Waals surface area contributed by atoms with Crippen LogP contribution < -0.4 is 14.8 Å². The average Bonchev–Trinajstić information content (AvgIpc) is 3.07. The molecule has 0 saturated heterocycles. The lowest BCUT2D eigenvalue weighted by atomic mass is 10.1. The summed E-state index contributed by atoms with van der Waals surface area (Å²) >= 11 is 1.07. The monoisotopic (exact) mass is 350 g/mol. The van der Waals surface area contributed by atoms with Crippen LogP contribution in [0.25, 0.3) is 0 Å². The summed E-state index contributed by atoms with van der Waals surface area (Å²) in [5, 5.41) is 3.03. The highest BCUT2D eigenvalue weighted by Crippen LogP contribution is 2.31. The van der Waals surface area contributed by atoms with Crippen molar-refractivity contribution in [1.82, 2.24) is 4.98 Å². The van der Waals surface area contributed by atoms with Crippen LogP contribution in [0.2, 0.25) is 0 Å². The molecular formula is C16H18N2O5S. The number of ether oxygens (including phenoxy) is 3. The van der Waals surface area contributed by atoms with E-state index < -0.39 is 5.97 Å². The van der Waals surface area contributed by atoms with Crippen molar-refractivity contribution in [2.24, 2.45) is 0 Å². The van der Waals surface area contributed by atoms with Crippen molar-refractivity contribution in [2.45, 2.75) is 12.8 Å². The molecule has 1 amide bonds. The quantitative estimate of drug-likeness (QED) is 0.772. The lowest BCUT2D eigenvalue weighted by molar-refractivity contribution is -0.116. The van der Waals surface area contributed by atoms with Crippen LogP contribution in [0, 0.1) is 0 Å². The maximum Gasteiger partial charge on any atom is 0.349 e. The van der Waals surface area contributed by atoms with Crippen LogP contribution >= 0.6 is 11.3 Å². The molecule has 24 heavy (non-hydrogen) atoms. The molecule has 0 aliphatic heterocycles. The highest BCUT2D eigenvalue weighted by molar-refractivity contribution is 7.17. The molecule has 2 rings (SSSR count). The van der Waals surface area contributed by atoms with Crippen molar-refractivity contribution in [1.29, 1.82) is 0 Å². The number of aromatic nitrogens is 1. The summed E-state index contributed by atoms with van der Waals surface area (Å²) in [7, 11) is 4.42. The molecule has 0 bridgehead atoms. The van der Waals surface area contributed by atoms with Gasteiger partial charge in [-0.05, 0) is 18.1 Å². The second-order valence-electron chi connectivity index (χ2n) is 4.72. The van der Waals surface area contributed by atoms with Gasteiger partial charge >= 0.3 is 5.97 Å². The zero-order valence-electron chi connectivity index (χ0n) is 13.6. The number of benzene rings is 1. The van der Waals surface area contributed by atoms with Crippen LogP contribution in [-0.4, -0.2) is 38.2 Å². The van der Waals surface area contributed by atoms with Crippen molar-refractivity contribution in [3.05, 3.63) is 34.8 Å². The van der Waals surface area contributed by atoms with Crippen LogP contribution in [0.3, 0.4) is 0 Å². The van der Waals surface area contributed by atoms with Gasteiger partial charge in [0.05, 0.1) is 27.5 Å². The molecule has 0 saturated carbocycles. The highest BCUT2D eigenvalue weighted by Gasteiger charge is 2.14. The number of nitrogens with zero attached hydrogens (tertiary/aromatic N) is 1. The lowest BCUT2D eigenvalue weighted by Crippen LogP contribution is -2.12. The Hall–Kier alpha value is -2.61. The Labute approximate surface area is 143 Å². The number of esters is 1. The number of carbonyl (C=O) groups excluding carboxylic acids is 2. The zero-order chi connectivity index (χ0) is 17.5. The molecule has 7 nitrogen and oxygen atoms in total.